The van der Waals surface area contributed by atoms with E-state index in [1.54, 1.807) is 12.1 Å². The Morgan fingerprint density at radius 1 is 1.10 bits per heavy atom. The van der Waals surface area contributed by atoms with E-state index in [-0.39, 0.29) is 18.5 Å². The molecule has 6 heteroatoms. The molecule has 1 aromatic heterocycles. The van der Waals surface area contributed by atoms with Gasteiger partial charge in [-0.2, -0.15) is 0 Å². The minimum absolute atomic E-state index is 0.0210. The number of para-hydroxylation sites is 1. The lowest BCUT2D eigenvalue weighted by Gasteiger charge is -2.17. The molecule has 2 heterocycles. The normalized spacial score (nSPS) is 13.9. The van der Waals surface area contributed by atoms with Crippen molar-refractivity contribution in [3.8, 4) is 16.9 Å². The van der Waals surface area contributed by atoms with Gasteiger partial charge in [0.05, 0.1) is 18.1 Å². The predicted octanol–water partition coefficient (Wildman–Crippen LogP) is 5.11. The molecule has 0 unspecified atom stereocenters. The Balaban J connectivity index is 1.36. The van der Waals surface area contributed by atoms with Crippen LogP contribution in [0.15, 0.2) is 71.8 Å². The van der Waals surface area contributed by atoms with E-state index in [1.165, 1.54) is 35.0 Å². The second kappa shape index (κ2) is 8.75. The number of rotatable bonds is 7. The Kier molecular flexibility index (Phi) is 5.68. The Labute approximate surface area is 184 Å². The van der Waals surface area contributed by atoms with Gasteiger partial charge in [0.25, 0.3) is 0 Å². The number of fused-ring (bicyclic) bond motifs is 2. The highest BCUT2D eigenvalue weighted by molar-refractivity contribution is 7.97. The van der Waals surface area contributed by atoms with Crippen molar-refractivity contribution in [2.24, 2.45) is 0 Å². The average Bonchev–Trinajstić information content (AvgIpc) is 3.44. The molecule has 0 amide bonds. The van der Waals surface area contributed by atoms with Crippen LogP contribution in [0.5, 0.6) is 5.75 Å². The highest BCUT2D eigenvalue weighted by Gasteiger charge is 2.20. The lowest BCUT2D eigenvalue weighted by molar-refractivity contribution is 0.258. The highest BCUT2D eigenvalue weighted by atomic mass is 32.2. The molecule has 158 valence electrons. The molecule has 3 N–H and O–H groups in total. The number of halogens is 1. The van der Waals surface area contributed by atoms with Crippen LogP contribution in [0.25, 0.3) is 22.0 Å². The number of ether oxygens (including phenoxy) is 1. The number of aromatic amines is 1. The average molecular weight is 435 g/mol. The molecular weight excluding hydrogens is 411 g/mol. The van der Waals surface area contributed by atoms with E-state index in [9.17, 15) is 9.50 Å². The first kappa shape index (κ1) is 20.1. The van der Waals surface area contributed by atoms with Crippen molar-refractivity contribution in [2.75, 3.05) is 13.2 Å². The third-order valence-electron chi connectivity index (χ3n) is 5.62. The third kappa shape index (κ3) is 4.19. The second-order valence-electron chi connectivity index (χ2n) is 7.73. The van der Waals surface area contributed by atoms with E-state index in [4.69, 9.17) is 4.74 Å². The van der Waals surface area contributed by atoms with Gasteiger partial charge in [0.2, 0.25) is 0 Å². The molecule has 1 aliphatic rings. The summed E-state index contributed by atoms with van der Waals surface area (Å²) in [6.45, 7) is 0.682. The van der Waals surface area contributed by atoms with Crippen molar-refractivity contribution in [3.63, 3.8) is 0 Å². The van der Waals surface area contributed by atoms with Crippen LogP contribution in [0.3, 0.4) is 0 Å². The Morgan fingerprint density at radius 2 is 1.94 bits per heavy atom. The van der Waals surface area contributed by atoms with Crippen molar-refractivity contribution in [2.45, 2.75) is 23.8 Å². The van der Waals surface area contributed by atoms with Crippen molar-refractivity contribution in [1.29, 1.82) is 0 Å². The summed E-state index contributed by atoms with van der Waals surface area (Å²) in [5, 5.41) is 11.2. The Hall–Kier alpha value is -2.80. The number of aliphatic hydroxyl groups excluding tert-OH is 1. The van der Waals surface area contributed by atoms with Crippen molar-refractivity contribution >= 4 is 22.9 Å². The van der Waals surface area contributed by atoms with Crippen LogP contribution < -0.4 is 9.46 Å². The van der Waals surface area contributed by atoms with Crippen LogP contribution in [0.1, 0.15) is 11.1 Å². The molecular formula is C25H23FN2O2S. The summed E-state index contributed by atoms with van der Waals surface area (Å²) >= 11 is 1.48. The van der Waals surface area contributed by atoms with Crippen LogP contribution in [0.4, 0.5) is 4.39 Å². The highest BCUT2D eigenvalue weighted by Crippen LogP contribution is 2.39. The van der Waals surface area contributed by atoms with Gasteiger partial charge in [-0.05, 0) is 71.0 Å². The van der Waals surface area contributed by atoms with Gasteiger partial charge in [-0.3, -0.25) is 4.72 Å². The summed E-state index contributed by atoms with van der Waals surface area (Å²) in [6.07, 6.45) is 3.57. The molecule has 1 aliphatic heterocycles. The zero-order valence-electron chi connectivity index (χ0n) is 16.9. The van der Waals surface area contributed by atoms with Crippen molar-refractivity contribution < 1.29 is 14.2 Å². The number of benzene rings is 3. The zero-order valence-corrected chi connectivity index (χ0v) is 17.7. The number of aromatic nitrogens is 1. The van der Waals surface area contributed by atoms with Crippen LogP contribution in [0.2, 0.25) is 0 Å². The molecule has 0 fully saturated rings. The fraction of sp³-hybridized carbons (Fsp3) is 0.200. The first-order valence-corrected chi connectivity index (χ1v) is 11.2. The van der Waals surface area contributed by atoms with E-state index in [0.29, 0.717) is 13.0 Å². The van der Waals surface area contributed by atoms with Crippen molar-refractivity contribution in [3.05, 3.63) is 83.8 Å². The maximum Gasteiger partial charge on any atom is 0.137 e. The molecule has 0 bridgehead atoms. The van der Waals surface area contributed by atoms with Gasteiger partial charge in [0.1, 0.15) is 11.6 Å². The number of nitrogens with one attached hydrogen (secondary N) is 2. The van der Waals surface area contributed by atoms with Crippen LogP contribution in [-0.2, 0) is 12.8 Å². The van der Waals surface area contributed by atoms with Crippen LogP contribution in [0, 0.1) is 5.82 Å². The van der Waals surface area contributed by atoms with Gasteiger partial charge in [-0.1, -0.05) is 30.3 Å². The third-order valence-corrected chi connectivity index (χ3v) is 6.60. The fourth-order valence-electron chi connectivity index (χ4n) is 4.01. The summed E-state index contributed by atoms with van der Waals surface area (Å²) < 4.78 is 22.6. The molecule has 5 rings (SSSR count). The Morgan fingerprint density at radius 3 is 2.77 bits per heavy atom. The number of hydrogen-bond donors (Lipinski definition) is 3. The van der Waals surface area contributed by atoms with Gasteiger partial charge in [-0.15, -0.1) is 0 Å². The topological polar surface area (TPSA) is 57.3 Å². The molecule has 0 aliphatic carbocycles. The number of hydrogen-bond acceptors (Lipinski definition) is 4. The molecule has 0 saturated carbocycles. The molecule has 0 radical (unpaired) electrons. The minimum Gasteiger partial charge on any atom is -0.492 e. The molecule has 4 nitrogen and oxygen atoms in total. The maximum atomic E-state index is 13.3. The quantitative estimate of drug-likeness (QED) is 0.354. The molecule has 31 heavy (non-hydrogen) atoms. The Bertz CT molecular complexity index is 1210. The second-order valence-corrected chi connectivity index (χ2v) is 8.61. The summed E-state index contributed by atoms with van der Waals surface area (Å²) in [5.74, 6) is 0.653. The molecule has 3 aromatic carbocycles. The summed E-state index contributed by atoms with van der Waals surface area (Å²) in [6, 6.07) is 18.8. The standard InChI is InChI=1S/C25H23FN2O2S/c26-20-7-5-16(6-8-20)18-11-17-9-10-30-25(17)24(13-18)31-28-21(15-29)12-19-14-27-23-4-2-1-3-22(19)23/h1-8,11,13-14,21,27-29H,9-10,12,15H2/t21-/m1/s1. The van der Waals surface area contributed by atoms with Gasteiger partial charge < -0.3 is 14.8 Å². The largest absolute Gasteiger partial charge is 0.492 e. The van der Waals surface area contributed by atoms with E-state index in [2.05, 4.69) is 34.0 Å². The molecule has 0 saturated heterocycles. The molecule has 0 spiro atoms. The monoisotopic (exact) mass is 434 g/mol. The van der Waals surface area contributed by atoms with E-state index in [0.717, 1.165) is 39.3 Å². The smallest absolute Gasteiger partial charge is 0.137 e. The van der Waals surface area contributed by atoms with Gasteiger partial charge in [0, 0.05) is 29.6 Å². The summed E-state index contributed by atoms with van der Waals surface area (Å²) in [7, 11) is 0. The first-order chi connectivity index (χ1) is 15.2. The SMILES string of the molecule is OC[C@@H](Cc1c[nH]c2ccccc12)NSc1cc(-c2ccc(F)cc2)cc2c1OCC2. The number of aliphatic hydroxyl groups is 1. The van der Waals surface area contributed by atoms with Gasteiger partial charge in [0.15, 0.2) is 0 Å². The fourth-order valence-corrected chi connectivity index (χ4v) is 4.93. The van der Waals surface area contributed by atoms with Crippen molar-refractivity contribution in [1.82, 2.24) is 9.71 Å². The number of H-pyrrole nitrogens is 1. The van der Waals surface area contributed by atoms with Gasteiger partial charge >= 0.3 is 0 Å². The lowest BCUT2D eigenvalue weighted by Crippen LogP contribution is -2.29. The summed E-state index contributed by atoms with van der Waals surface area (Å²) in [4.78, 5) is 4.27. The summed E-state index contributed by atoms with van der Waals surface area (Å²) in [5.41, 5.74) is 5.42. The van der Waals surface area contributed by atoms with E-state index >= 15 is 0 Å². The molecule has 4 aromatic rings. The van der Waals surface area contributed by atoms with Crippen LogP contribution >= 0.6 is 11.9 Å². The van der Waals surface area contributed by atoms with Gasteiger partial charge in [-0.25, -0.2) is 4.39 Å². The lowest BCUT2D eigenvalue weighted by atomic mass is 10.0. The van der Waals surface area contributed by atoms with Crippen LogP contribution in [-0.4, -0.2) is 29.3 Å². The first-order valence-electron chi connectivity index (χ1n) is 10.3. The molecule has 1 atom stereocenters. The van der Waals surface area contributed by atoms with E-state index < -0.39 is 0 Å². The van der Waals surface area contributed by atoms with E-state index in [1.807, 2.05) is 18.3 Å². The maximum absolute atomic E-state index is 13.3. The predicted molar refractivity (Wildman–Crippen MR) is 123 cm³/mol. The zero-order chi connectivity index (χ0) is 21.2. The minimum atomic E-state index is -0.243.